The molecule has 5 nitrogen and oxygen atoms in total. The molecule has 0 aromatic heterocycles. The molecule has 2 aliphatic rings. The van der Waals surface area contributed by atoms with Crippen LogP contribution in [0, 0.1) is 0 Å². The van der Waals surface area contributed by atoms with E-state index in [0.29, 0.717) is 12.2 Å². The fourth-order valence-electron chi connectivity index (χ4n) is 3.27. The summed E-state index contributed by atoms with van der Waals surface area (Å²) in [5.41, 5.74) is 1.75. The predicted molar refractivity (Wildman–Crippen MR) is 82.0 cm³/mol. The van der Waals surface area contributed by atoms with Crippen LogP contribution in [0.5, 0.6) is 5.75 Å². The summed E-state index contributed by atoms with van der Waals surface area (Å²) in [6.07, 6.45) is 2.77. The number of benzene rings is 1. The van der Waals surface area contributed by atoms with Gasteiger partial charge in [-0.05, 0) is 6.07 Å². The number of carbonyl (C=O) groups is 1. The van der Waals surface area contributed by atoms with Gasteiger partial charge < -0.3 is 19.5 Å². The van der Waals surface area contributed by atoms with E-state index >= 15 is 0 Å². The Morgan fingerprint density at radius 1 is 1.36 bits per heavy atom. The van der Waals surface area contributed by atoms with Crippen LogP contribution in [0.4, 0.5) is 0 Å². The van der Waals surface area contributed by atoms with Crippen molar-refractivity contribution in [2.75, 3.05) is 27.4 Å². The summed E-state index contributed by atoms with van der Waals surface area (Å²) in [7, 11) is 3.09. The average Bonchev–Trinajstić information content (AvgIpc) is 2.92. The Balaban J connectivity index is 1.87. The minimum absolute atomic E-state index is 0.0310. The van der Waals surface area contributed by atoms with Crippen molar-refractivity contribution in [2.45, 2.75) is 24.5 Å². The van der Waals surface area contributed by atoms with Crippen LogP contribution >= 0.6 is 0 Å². The summed E-state index contributed by atoms with van der Waals surface area (Å²) in [5.74, 6) is 0.544. The number of nitrogens with one attached hydrogen (secondary N) is 1. The maximum Gasteiger partial charge on any atom is 0.334 e. The number of fused-ring (bicyclic) bond motifs is 3. The standard InChI is InChI=1S/C17H21NO4/c1-20-8-7-18-11-9-13(17(19)21-2)16-12-5-3-4-6-14(12)22-15(16)10-11/h3-6,9,11,15-16,18H,7-8,10H2,1-2H3. The first-order valence-corrected chi connectivity index (χ1v) is 7.52. The normalized spacial score (nSPS) is 25.7. The van der Waals surface area contributed by atoms with E-state index in [1.54, 1.807) is 7.11 Å². The molecule has 0 saturated carbocycles. The van der Waals surface area contributed by atoms with E-state index in [9.17, 15) is 4.79 Å². The highest BCUT2D eigenvalue weighted by Gasteiger charge is 2.43. The summed E-state index contributed by atoms with van der Waals surface area (Å²) in [5, 5.41) is 3.38. The van der Waals surface area contributed by atoms with Gasteiger partial charge in [0.1, 0.15) is 11.9 Å². The first kappa shape index (κ1) is 15.1. The van der Waals surface area contributed by atoms with Gasteiger partial charge in [-0.15, -0.1) is 0 Å². The van der Waals surface area contributed by atoms with E-state index in [0.717, 1.165) is 24.3 Å². The van der Waals surface area contributed by atoms with Crippen molar-refractivity contribution >= 4 is 5.97 Å². The number of hydrogen-bond donors (Lipinski definition) is 1. The molecule has 1 aliphatic carbocycles. The lowest BCUT2D eigenvalue weighted by molar-refractivity contribution is -0.136. The first-order chi connectivity index (χ1) is 10.7. The Labute approximate surface area is 130 Å². The Morgan fingerprint density at radius 2 is 2.18 bits per heavy atom. The Hall–Kier alpha value is -1.85. The zero-order chi connectivity index (χ0) is 15.5. The fraction of sp³-hybridized carbons (Fsp3) is 0.471. The minimum Gasteiger partial charge on any atom is -0.489 e. The van der Waals surface area contributed by atoms with E-state index in [4.69, 9.17) is 14.2 Å². The molecule has 0 amide bonds. The molecule has 3 atom stereocenters. The number of rotatable bonds is 5. The van der Waals surface area contributed by atoms with E-state index in [-0.39, 0.29) is 24.0 Å². The van der Waals surface area contributed by atoms with Gasteiger partial charge in [0.2, 0.25) is 0 Å². The summed E-state index contributed by atoms with van der Waals surface area (Å²) >= 11 is 0. The van der Waals surface area contributed by atoms with Crippen LogP contribution < -0.4 is 10.1 Å². The second kappa shape index (κ2) is 6.50. The lowest BCUT2D eigenvalue weighted by Crippen LogP contribution is -2.41. The van der Waals surface area contributed by atoms with Crippen LogP contribution in [0.1, 0.15) is 17.9 Å². The Kier molecular flexibility index (Phi) is 4.45. The molecule has 22 heavy (non-hydrogen) atoms. The number of ether oxygens (including phenoxy) is 3. The third kappa shape index (κ3) is 2.74. The molecule has 1 aliphatic heterocycles. The highest BCUT2D eigenvalue weighted by molar-refractivity contribution is 5.91. The van der Waals surface area contributed by atoms with Crippen molar-refractivity contribution in [1.29, 1.82) is 0 Å². The van der Waals surface area contributed by atoms with Gasteiger partial charge >= 0.3 is 5.97 Å². The maximum absolute atomic E-state index is 12.2. The number of para-hydroxylation sites is 1. The van der Waals surface area contributed by atoms with Crippen molar-refractivity contribution in [3.8, 4) is 5.75 Å². The van der Waals surface area contributed by atoms with Gasteiger partial charge in [-0.1, -0.05) is 24.3 Å². The predicted octanol–water partition coefficient (Wildman–Crippen LogP) is 1.64. The summed E-state index contributed by atoms with van der Waals surface area (Å²) in [6, 6.07) is 7.99. The SMILES string of the molecule is COCCNC1C=C(C(=O)OC)C2c3ccccc3OC2C1. The van der Waals surface area contributed by atoms with Crippen LogP contribution in [0.25, 0.3) is 0 Å². The summed E-state index contributed by atoms with van der Waals surface area (Å²) in [6.45, 7) is 1.36. The molecule has 5 heteroatoms. The van der Waals surface area contributed by atoms with Crippen LogP contribution in [0.2, 0.25) is 0 Å². The molecular weight excluding hydrogens is 282 g/mol. The zero-order valence-corrected chi connectivity index (χ0v) is 12.9. The zero-order valence-electron chi connectivity index (χ0n) is 12.9. The third-order valence-electron chi connectivity index (χ3n) is 4.24. The average molecular weight is 303 g/mol. The largest absolute Gasteiger partial charge is 0.489 e. The lowest BCUT2D eigenvalue weighted by atomic mass is 9.80. The molecular formula is C17H21NO4. The van der Waals surface area contributed by atoms with Crippen molar-refractivity contribution in [3.05, 3.63) is 41.5 Å². The molecule has 0 radical (unpaired) electrons. The molecule has 0 spiro atoms. The van der Waals surface area contributed by atoms with Gasteiger partial charge in [-0.25, -0.2) is 4.79 Å². The van der Waals surface area contributed by atoms with Gasteiger partial charge in [0.15, 0.2) is 0 Å². The van der Waals surface area contributed by atoms with Crippen molar-refractivity contribution < 1.29 is 19.0 Å². The molecule has 0 bridgehead atoms. The van der Waals surface area contributed by atoms with Crippen LogP contribution in [0.3, 0.4) is 0 Å². The van der Waals surface area contributed by atoms with E-state index in [1.165, 1.54) is 7.11 Å². The van der Waals surface area contributed by atoms with Crippen LogP contribution in [-0.4, -0.2) is 45.5 Å². The molecule has 3 rings (SSSR count). The van der Waals surface area contributed by atoms with Gasteiger partial charge in [0.05, 0.1) is 19.6 Å². The molecule has 1 N–H and O–H groups in total. The molecule has 1 aromatic rings. The van der Waals surface area contributed by atoms with E-state index in [1.807, 2.05) is 30.3 Å². The van der Waals surface area contributed by atoms with Gasteiger partial charge in [-0.2, -0.15) is 0 Å². The third-order valence-corrected chi connectivity index (χ3v) is 4.24. The fourth-order valence-corrected chi connectivity index (χ4v) is 3.27. The molecule has 3 unspecified atom stereocenters. The maximum atomic E-state index is 12.2. The molecule has 1 aromatic carbocycles. The summed E-state index contributed by atoms with van der Waals surface area (Å²) in [4.78, 5) is 12.2. The Morgan fingerprint density at radius 3 is 2.95 bits per heavy atom. The van der Waals surface area contributed by atoms with Gasteiger partial charge in [-0.3, -0.25) is 0 Å². The second-order valence-corrected chi connectivity index (χ2v) is 5.57. The second-order valence-electron chi connectivity index (χ2n) is 5.57. The first-order valence-electron chi connectivity index (χ1n) is 7.52. The van der Waals surface area contributed by atoms with Crippen molar-refractivity contribution in [3.63, 3.8) is 0 Å². The number of esters is 1. The monoisotopic (exact) mass is 303 g/mol. The molecule has 118 valence electrons. The Bertz CT molecular complexity index is 584. The summed E-state index contributed by atoms with van der Waals surface area (Å²) < 4.78 is 16.1. The van der Waals surface area contributed by atoms with Crippen LogP contribution in [0.15, 0.2) is 35.9 Å². The molecule has 0 fully saturated rings. The van der Waals surface area contributed by atoms with Crippen LogP contribution in [-0.2, 0) is 14.3 Å². The smallest absolute Gasteiger partial charge is 0.334 e. The quantitative estimate of drug-likeness (QED) is 0.662. The molecule has 0 saturated heterocycles. The minimum atomic E-state index is -0.284. The highest BCUT2D eigenvalue weighted by Crippen LogP contribution is 2.46. The van der Waals surface area contributed by atoms with E-state index < -0.39 is 0 Å². The van der Waals surface area contributed by atoms with Crippen molar-refractivity contribution in [1.82, 2.24) is 5.32 Å². The number of carbonyl (C=O) groups excluding carboxylic acids is 1. The highest BCUT2D eigenvalue weighted by atomic mass is 16.5. The lowest BCUT2D eigenvalue weighted by Gasteiger charge is -2.30. The van der Waals surface area contributed by atoms with Gasteiger partial charge in [0, 0.05) is 37.3 Å². The number of methoxy groups -OCH3 is 2. The molecule has 1 heterocycles. The van der Waals surface area contributed by atoms with Gasteiger partial charge in [0.25, 0.3) is 0 Å². The topological polar surface area (TPSA) is 56.8 Å². The van der Waals surface area contributed by atoms with Crippen molar-refractivity contribution in [2.24, 2.45) is 0 Å². The number of hydrogen-bond acceptors (Lipinski definition) is 5. The van der Waals surface area contributed by atoms with E-state index in [2.05, 4.69) is 5.32 Å².